The Labute approximate surface area is 257 Å². The van der Waals surface area contributed by atoms with E-state index in [1.54, 1.807) is 49.4 Å². The average Bonchev–Trinajstić information content (AvgIpc) is 3.35. The van der Waals surface area contributed by atoms with Crippen molar-refractivity contribution < 1.29 is 24.3 Å². The first kappa shape index (κ1) is 27.1. The van der Waals surface area contributed by atoms with Gasteiger partial charge in [0.25, 0.3) is 0 Å². The van der Waals surface area contributed by atoms with E-state index in [0.29, 0.717) is 29.8 Å². The van der Waals surface area contributed by atoms with Crippen molar-refractivity contribution in [3.8, 4) is 5.75 Å². The number of rotatable bonds is 3. The molecule has 6 atom stereocenters. The number of carbonyl (C=O) groups excluding carboxylic acids is 4. The molecule has 212 valence electrons. The van der Waals surface area contributed by atoms with Gasteiger partial charge in [-0.3, -0.25) is 24.1 Å². The summed E-state index contributed by atoms with van der Waals surface area (Å²) in [5, 5.41) is 10.3. The van der Waals surface area contributed by atoms with E-state index in [1.165, 1.54) is 9.80 Å². The molecule has 42 heavy (non-hydrogen) atoms. The van der Waals surface area contributed by atoms with E-state index >= 15 is 0 Å². The molecule has 1 N–H and O–H groups in total. The minimum atomic E-state index is -1.10. The first-order chi connectivity index (χ1) is 20.1. The first-order valence-corrected chi connectivity index (χ1v) is 15.3. The fourth-order valence-corrected chi connectivity index (χ4v) is 8.28. The number of phenolic OH excluding ortho intramolecular Hbond substituents is 1. The van der Waals surface area contributed by atoms with E-state index in [4.69, 9.17) is 0 Å². The number of hydrogen-bond acceptors (Lipinski definition) is 5. The number of anilines is 2. The molecular formula is C34H29IN2O5. The highest BCUT2D eigenvalue weighted by atomic mass is 127. The molecule has 2 aliphatic heterocycles. The van der Waals surface area contributed by atoms with Gasteiger partial charge >= 0.3 is 0 Å². The van der Waals surface area contributed by atoms with E-state index < -0.39 is 29.1 Å². The van der Waals surface area contributed by atoms with Crippen LogP contribution in [0.25, 0.3) is 0 Å². The third kappa shape index (κ3) is 3.70. The average molecular weight is 673 g/mol. The molecule has 4 aliphatic rings. The molecular weight excluding hydrogens is 643 g/mol. The molecule has 2 saturated heterocycles. The smallest absolute Gasteiger partial charge is 0.241 e. The second-order valence-corrected chi connectivity index (χ2v) is 13.3. The van der Waals surface area contributed by atoms with Gasteiger partial charge < -0.3 is 5.11 Å². The van der Waals surface area contributed by atoms with Gasteiger partial charge in [0.1, 0.15) is 5.75 Å². The van der Waals surface area contributed by atoms with Gasteiger partial charge in [-0.25, -0.2) is 4.90 Å². The number of hydrogen-bond donors (Lipinski definition) is 1. The van der Waals surface area contributed by atoms with Gasteiger partial charge in [-0.15, -0.1) is 0 Å². The molecule has 3 fully saturated rings. The van der Waals surface area contributed by atoms with Crippen LogP contribution in [0.3, 0.4) is 0 Å². The zero-order valence-electron chi connectivity index (χ0n) is 23.2. The number of imide groups is 2. The predicted molar refractivity (Wildman–Crippen MR) is 166 cm³/mol. The Hall–Kier alpha value is -3.79. The summed E-state index contributed by atoms with van der Waals surface area (Å²) < 4.78 is 1.00. The lowest BCUT2D eigenvalue weighted by Gasteiger charge is -2.49. The van der Waals surface area contributed by atoms with Gasteiger partial charge in [0.15, 0.2) is 0 Å². The molecule has 0 aromatic heterocycles. The van der Waals surface area contributed by atoms with Crippen molar-refractivity contribution in [2.75, 3.05) is 9.80 Å². The van der Waals surface area contributed by atoms with E-state index in [-0.39, 0.29) is 35.3 Å². The van der Waals surface area contributed by atoms with Crippen molar-refractivity contribution in [3.63, 3.8) is 0 Å². The quantitative estimate of drug-likeness (QED) is 0.218. The molecule has 7 rings (SSSR count). The summed E-state index contributed by atoms with van der Waals surface area (Å²) in [5.41, 5.74) is 2.38. The highest BCUT2D eigenvalue weighted by Gasteiger charge is 2.67. The molecule has 3 aromatic rings. The van der Waals surface area contributed by atoms with Crippen molar-refractivity contribution in [2.24, 2.45) is 29.1 Å². The lowest BCUT2D eigenvalue weighted by Crippen LogP contribution is -2.48. The Morgan fingerprint density at radius 1 is 0.833 bits per heavy atom. The lowest BCUT2D eigenvalue weighted by molar-refractivity contribution is -0.131. The summed E-state index contributed by atoms with van der Waals surface area (Å²) in [6, 6.07) is 21.6. The third-order valence-electron chi connectivity index (χ3n) is 9.93. The van der Waals surface area contributed by atoms with Crippen LogP contribution in [0.4, 0.5) is 11.4 Å². The molecule has 2 heterocycles. The van der Waals surface area contributed by atoms with Crippen LogP contribution in [0.1, 0.15) is 36.8 Å². The van der Waals surface area contributed by atoms with Gasteiger partial charge in [0.2, 0.25) is 23.6 Å². The highest BCUT2D eigenvalue weighted by Crippen LogP contribution is 2.63. The van der Waals surface area contributed by atoms with Crippen molar-refractivity contribution in [1.29, 1.82) is 0 Å². The second-order valence-electron chi connectivity index (χ2n) is 12.0. The van der Waals surface area contributed by atoms with Crippen molar-refractivity contribution in [2.45, 2.75) is 32.6 Å². The summed E-state index contributed by atoms with van der Waals surface area (Å²) >= 11 is 2.19. The number of phenols is 1. The Morgan fingerprint density at radius 2 is 1.52 bits per heavy atom. The van der Waals surface area contributed by atoms with Crippen LogP contribution in [-0.2, 0) is 19.2 Å². The Balaban J connectivity index is 1.37. The molecule has 1 saturated carbocycles. The number of aryl methyl sites for hydroxylation is 1. The molecule has 0 radical (unpaired) electrons. The highest BCUT2D eigenvalue weighted by molar-refractivity contribution is 14.1. The third-order valence-corrected chi connectivity index (χ3v) is 10.6. The molecule has 0 spiro atoms. The SMILES string of the molecule is Cc1cc([C@H]2C3=CC[C@@H]4C(=O)N(c5ccc(I)cc5)C(=O)[C@@H]4[C@@H]3C[C@H]3C(=O)N(c4ccccc4)C(=O)[C@@]23C)ccc1O. The maximum absolute atomic E-state index is 14.4. The Morgan fingerprint density at radius 3 is 2.21 bits per heavy atom. The van der Waals surface area contributed by atoms with Gasteiger partial charge in [0.05, 0.1) is 34.5 Å². The van der Waals surface area contributed by atoms with Crippen LogP contribution in [0, 0.1) is 39.6 Å². The van der Waals surface area contributed by atoms with Crippen LogP contribution >= 0.6 is 22.6 Å². The van der Waals surface area contributed by atoms with Crippen LogP contribution in [0.2, 0.25) is 0 Å². The first-order valence-electron chi connectivity index (χ1n) is 14.2. The largest absolute Gasteiger partial charge is 0.508 e. The van der Waals surface area contributed by atoms with E-state index in [9.17, 15) is 24.3 Å². The molecule has 0 bridgehead atoms. The van der Waals surface area contributed by atoms with E-state index in [2.05, 4.69) is 22.6 Å². The monoisotopic (exact) mass is 672 g/mol. The minimum absolute atomic E-state index is 0.148. The normalized spacial score (nSPS) is 30.3. The molecule has 2 aliphatic carbocycles. The topological polar surface area (TPSA) is 95.0 Å². The maximum atomic E-state index is 14.4. The van der Waals surface area contributed by atoms with Crippen LogP contribution in [-0.4, -0.2) is 28.7 Å². The van der Waals surface area contributed by atoms with E-state index in [1.807, 2.05) is 43.3 Å². The zero-order chi connectivity index (χ0) is 29.5. The van der Waals surface area contributed by atoms with Crippen LogP contribution in [0.15, 0.2) is 84.4 Å². The number of allylic oxidation sites excluding steroid dienone is 2. The standard InChI is InChI=1S/C34H29IN2O5/c1-18-16-19(8-15-27(18)38)29-23-13-14-24-28(32(41)36(30(24)39)22-11-9-20(35)10-12-22)25(23)17-26-31(40)37(33(42)34(26,29)2)21-6-4-3-5-7-21/h3-13,15-16,24-26,28-29,38H,14,17H2,1-2H3/t24-,25+,26-,28-,29-,34+/m0/s1. The number of halogens is 1. The molecule has 8 heteroatoms. The lowest BCUT2D eigenvalue weighted by atomic mass is 9.51. The fourth-order valence-electron chi connectivity index (χ4n) is 7.92. The number of para-hydroxylation sites is 1. The van der Waals surface area contributed by atoms with Gasteiger partial charge in [0, 0.05) is 9.49 Å². The van der Waals surface area contributed by atoms with E-state index in [0.717, 1.165) is 14.7 Å². The maximum Gasteiger partial charge on any atom is 0.241 e. The van der Waals surface area contributed by atoms with Gasteiger partial charge in [-0.2, -0.15) is 0 Å². The number of benzene rings is 3. The summed E-state index contributed by atoms with van der Waals surface area (Å²) in [6.07, 6.45) is 2.75. The molecule has 7 nitrogen and oxygen atoms in total. The van der Waals surface area contributed by atoms with Crippen molar-refractivity contribution >= 4 is 57.6 Å². The van der Waals surface area contributed by atoms with Gasteiger partial charge in [-0.1, -0.05) is 42.0 Å². The minimum Gasteiger partial charge on any atom is -0.508 e. The Bertz CT molecular complexity index is 1700. The Kier molecular flexibility index (Phi) is 6.20. The predicted octanol–water partition coefficient (Wildman–Crippen LogP) is 5.74. The van der Waals surface area contributed by atoms with Crippen LogP contribution in [0.5, 0.6) is 5.75 Å². The summed E-state index contributed by atoms with van der Waals surface area (Å²) in [7, 11) is 0. The summed E-state index contributed by atoms with van der Waals surface area (Å²) in [5.74, 6) is -3.55. The number of nitrogens with zero attached hydrogens (tertiary/aromatic N) is 2. The number of amides is 4. The zero-order valence-corrected chi connectivity index (χ0v) is 25.3. The number of fused-ring (bicyclic) bond motifs is 4. The summed E-state index contributed by atoms with van der Waals surface area (Å²) in [4.78, 5) is 59.0. The van der Waals surface area contributed by atoms with Crippen LogP contribution < -0.4 is 9.80 Å². The second kappa shape index (κ2) is 9.62. The number of carbonyl (C=O) groups is 4. The summed E-state index contributed by atoms with van der Waals surface area (Å²) in [6.45, 7) is 3.68. The van der Waals surface area contributed by atoms with Crippen molar-refractivity contribution in [1.82, 2.24) is 0 Å². The number of aromatic hydroxyl groups is 1. The van der Waals surface area contributed by atoms with Crippen molar-refractivity contribution in [3.05, 3.63) is 99.1 Å². The fraction of sp³-hybridized carbons (Fsp3) is 0.294. The molecule has 0 unspecified atom stereocenters. The van der Waals surface area contributed by atoms with Gasteiger partial charge in [-0.05, 0) is 109 Å². The molecule has 3 aromatic carbocycles. The molecule has 4 amide bonds.